The molecule has 1 aliphatic rings. The van der Waals surface area contributed by atoms with Gasteiger partial charge < -0.3 is 5.01 Å². The van der Waals surface area contributed by atoms with E-state index in [1.54, 1.807) is 6.20 Å². The zero-order valence-electron chi connectivity index (χ0n) is 12.1. The van der Waals surface area contributed by atoms with Crippen molar-refractivity contribution in [3.05, 3.63) is 40.3 Å². The Labute approximate surface area is 138 Å². The molecule has 0 aliphatic carbocycles. The van der Waals surface area contributed by atoms with E-state index in [2.05, 4.69) is 50.2 Å². The fourth-order valence-corrected chi connectivity index (χ4v) is 3.21. The Bertz CT molecular complexity index is 622. The van der Waals surface area contributed by atoms with E-state index < -0.39 is 0 Å². The Morgan fingerprint density at radius 2 is 2.10 bits per heavy atom. The van der Waals surface area contributed by atoms with E-state index >= 15 is 0 Å². The molecule has 5 nitrogen and oxygen atoms in total. The molecule has 6 heteroatoms. The van der Waals surface area contributed by atoms with E-state index in [-0.39, 0.29) is 0 Å². The lowest BCUT2D eigenvalue weighted by molar-refractivity contribution is 0.465. The van der Waals surface area contributed by atoms with Crippen LogP contribution in [0.3, 0.4) is 0 Å². The minimum absolute atomic E-state index is 0.425. The van der Waals surface area contributed by atoms with Gasteiger partial charge in [0.1, 0.15) is 11.9 Å². The lowest BCUT2D eigenvalue weighted by atomic mass is 10.1. The van der Waals surface area contributed by atoms with Crippen LogP contribution < -0.4 is 5.01 Å². The fraction of sp³-hybridized carbons (Fsp3) is 0.400. The lowest BCUT2D eigenvalue weighted by Crippen LogP contribution is -2.41. The van der Waals surface area contributed by atoms with Crippen molar-refractivity contribution in [2.75, 3.05) is 18.1 Å². The highest BCUT2D eigenvalue weighted by molar-refractivity contribution is 14.1. The summed E-state index contributed by atoms with van der Waals surface area (Å²) in [6.45, 7) is 7.65. The number of nitriles is 1. The van der Waals surface area contributed by atoms with Crippen molar-refractivity contribution in [1.29, 1.82) is 5.26 Å². The number of hydrogen-bond acceptors (Lipinski definition) is 4. The van der Waals surface area contributed by atoms with Gasteiger partial charge in [-0.05, 0) is 38.3 Å². The fourth-order valence-electron chi connectivity index (χ4n) is 2.30. The quantitative estimate of drug-likeness (QED) is 0.571. The summed E-state index contributed by atoms with van der Waals surface area (Å²) < 4.78 is 2.78. The van der Waals surface area contributed by atoms with Gasteiger partial charge in [-0.2, -0.15) is 5.26 Å². The highest BCUT2D eigenvalue weighted by Crippen LogP contribution is 2.17. The van der Waals surface area contributed by atoms with Gasteiger partial charge in [-0.1, -0.05) is 6.58 Å². The number of hydrogen-bond donors (Lipinski definition) is 0. The van der Waals surface area contributed by atoms with E-state index in [0.717, 1.165) is 35.5 Å². The van der Waals surface area contributed by atoms with Crippen molar-refractivity contribution in [2.24, 2.45) is 0 Å². The largest absolute Gasteiger partial charge is 0.310 e. The molecule has 0 spiro atoms. The van der Waals surface area contributed by atoms with Crippen LogP contribution in [-0.4, -0.2) is 27.7 Å². The molecular formula is C15H18IN5. The molecule has 0 saturated carbocycles. The zero-order valence-corrected chi connectivity index (χ0v) is 14.2. The monoisotopic (exact) mass is 395 g/mol. The molecule has 2 rings (SSSR count). The second kappa shape index (κ2) is 7.41. The predicted molar refractivity (Wildman–Crippen MR) is 91.6 cm³/mol. The third-order valence-electron chi connectivity index (χ3n) is 3.32. The number of rotatable bonds is 2. The Balaban J connectivity index is 2.70. The van der Waals surface area contributed by atoms with Crippen LogP contribution in [0.5, 0.6) is 0 Å². The number of piperidine rings is 1. The molecule has 0 radical (unpaired) electrons. The van der Waals surface area contributed by atoms with Crippen molar-refractivity contribution in [2.45, 2.75) is 26.2 Å². The van der Waals surface area contributed by atoms with E-state index in [1.807, 2.05) is 23.7 Å². The van der Waals surface area contributed by atoms with Gasteiger partial charge in [0.25, 0.3) is 0 Å². The third kappa shape index (κ3) is 3.94. The molecule has 1 fully saturated rings. The molecule has 110 valence electrons. The first-order valence-electron chi connectivity index (χ1n) is 6.93. The van der Waals surface area contributed by atoms with E-state index in [9.17, 15) is 5.26 Å². The number of aryl methyl sites for hydroxylation is 1. The highest BCUT2D eigenvalue weighted by atomic mass is 127. The summed E-state index contributed by atoms with van der Waals surface area (Å²) in [4.78, 5) is 8.75. The molecule has 0 bridgehead atoms. The van der Waals surface area contributed by atoms with Crippen molar-refractivity contribution >= 4 is 28.2 Å². The molecular weight excluding hydrogens is 377 g/mol. The van der Waals surface area contributed by atoms with Crippen LogP contribution in [0.1, 0.15) is 30.8 Å². The molecule has 1 aromatic heterocycles. The summed E-state index contributed by atoms with van der Waals surface area (Å²) in [6.07, 6.45) is 5.23. The average molecular weight is 395 g/mol. The predicted octanol–water partition coefficient (Wildman–Crippen LogP) is 2.97. The molecule has 0 N–H and O–H groups in total. The molecule has 0 aromatic carbocycles. The average Bonchev–Trinajstić information content (AvgIpc) is 2.56. The molecule has 0 unspecified atom stereocenters. The summed E-state index contributed by atoms with van der Waals surface area (Å²) in [5.74, 6) is 0.690. The summed E-state index contributed by atoms with van der Waals surface area (Å²) in [6, 6.07) is 5.84. The SMILES string of the molecule is C=C(C#N)c1cccnc(C)nc(I)n1N1CCCCC1. The molecule has 21 heavy (non-hydrogen) atoms. The van der Waals surface area contributed by atoms with Gasteiger partial charge in [0.15, 0.2) is 3.83 Å². The minimum atomic E-state index is 0.425. The maximum absolute atomic E-state index is 9.24. The van der Waals surface area contributed by atoms with E-state index in [1.165, 1.54) is 6.42 Å². The summed E-state index contributed by atoms with van der Waals surface area (Å²) in [7, 11) is 0. The van der Waals surface area contributed by atoms with E-state index in [4.69, 9.17) is 0 Å². The van der Waals surface area contributed by atoms with Crippen molar-refractivity contribution in [3.63, 3.8) is 0 Å². The van der Waals surface area contributed by atoms with Crippen LogP contribution in [0.2, 0.25) is 0 Å². The maximum Gasteiger partial charge on any atom is 0.192 e. The van der Waals surface area contributed by atoms with Crippen molar-refractivity contribution < 1.29 is 0 Å². The topological polar surface area (TPSA) is 57.7 Å². The number of allylic oxidation sites excluding steroid dienone is 1. The van der Waals surface area contributed by atoms with Crippen LogP contribution in [-0.2, 0) is 0 Å². The van der Waals surface area contributed by atoms with E-state index in [0.29, 0.717) is 11.4 Å². The summed E-state index contributed by atoms with van der Waals surface area (Å²) in [5.41, 5.74) is 1.18. The van der Waals surface area contributed by atoms with Gasteiger partial charge in [-0.15, -0.1) is 0 Å². The highest BCUT2D eigenvalue weighted by Gasteiger charge is 2.16. The van der Waals surface area contributed by atoms with Crippen molar-refractivity contribution in [1.82, 2.24) is 14.6 Å². The first-order valence-corrected chi connectivity index (χ1v) is 8.01. The maximum atomic E-state index is 9.24. The number of nitrogens with zero attached hydrogens (tertiary/aromatic N) is 5. The second-order valence-electron chi connectivity index (χ2n) is 4.87. The Kier molecular flexibility index (Phi) is 5.56. The molecule has 2 heterocycles. The third-order valence-corrected chi connectivity index (χ3v) is 4.02. The molecule has 1 aliphatic heterocycles. The molecule has 0 amide bonds. The molecule has 1 saturated heterocycles. The molecule has 0 atom stereocenters. The van der Waals surface area contributed by atoms with Gasteiger partial charge in [-0.25, -0.2) is 14.6 Å². The minimum Gasteiger partial charge on any atom is -0.310 e. The second-order valence-corrected chi connectivity index (χ2v) is 5.83. The van der Waals surface area contributed by atoms with Crippen molar-refractivity contribution in [3.8, 4) is 6.07 Å². The van der Waals surface area contributed by atoms with Gasteiger partial charge in [0, 0.05) is 41.9 Å². The van der Waals surface area contributed by atoms with Crippen LogP contribution in [0.4, 0.5) is 0 Å². The van der Waals surface area contributed by atoms with Crippen LogP contribution >= 0.6 is 22.6 Å². The van der Waals surface area contributed by atoms with Gasteiger partial charge >= 0.3 is 0 Å². The zero-order chi connectivity index (χ0) is 15.2. The van der Waals surface area contributed by atoms with Gasteiger partial charge in [0.05, 0.1) is 11.3 Å². The molecule has 1 aromatic rings. The first kappa shape index (κ1) is 15.8. The normalized spacial score (nSPS) is 14.2. The van der Waals surface area contributed by atoms with Crippen LogP contribution in [0, 0.1) is 22.1 Å². The summed E-state index contributed by atoms with van der Waals surface area (Å²) in [5, 5.41) is 11.5. The smallest absolute Gasteiger partial charge is 0.192 e. The first-order chi connectivity index (χ1) is 10.1. The number of halogens is 1. The van der Waals surface area contributed by atoms with Crippen LogP contribution in [0.15, 0.2) is 24.9 Å². The van der Waals surface area contributed by atoms with Crippen LogP contribution in [0.25, 0.3) is 5.57 Å². The summed E-state index contributed by atoms with van der Waals surface area (Å²) >= 11 is 2.19. The Morgan fingerprint density at radius 1 is 1.38 bits per heavy atom. The van der Waals surface area contributed by atoms with Gasteiger partial charge in [-0.3, -0.25) is 0 Å². The lowest BCUT2D eigenvalue weighted by Gasteiger charge is -2.32. The Morgan fingerprint density at radius 3 is 2.76 bits per heavy atom. The van der Waals surface area contributed by atoms with Gasteiger partial charge in [0.2, 0.25) is 0 Å². The Hall–Kier alpha value is -1.62. The number of aromatic nitrogens is 3. The standard InChI is InChI=1S/C15H18IN5/c1-12(11-17)14-7-6-8-18-13(2)19-15(16)21(14)20-9-4-3-5-10-20/h6-8H,1,3-5,9-10H2,2H3.